The lowest BCUT2D eigenvalue weighted by Crippen LogP contribution is -2.29. The van der Waals surface area contributed by atoms with E-state index in [9.17, 15) is 4.79 Å². The highest BCUT2D eigenvalue weighted by molar-refractivity contribution is 7.13. The molecule has 112 valence electrons. The van der Waals surface area contributed by atoms with Gasteiger partial charge in [-0.25, -0.2) is 9.78 Å². The lowest BCUT2D eigenvalue weighted by molar-refractivity contribution is 0.251. The van der Waals surface area contributed by atoms with Crippen molar-refractivity contribution in [3.05, 3.63) is 22.7 Å². The first-order chi connectivity index (χ1) is 10.1. The van der Waals surface area contributed by atoms with Crippen LogP contribution in [0.25, 0.3) is 0 Å². The van der Waals surface area contributed by atoms with Crippen molar-refractivity contribution in [2.75, 3.05) is 5.32 Å². The molecule has 0 radical (unpaired) electrons. The number of rotatable bonds is 4. The van der Waals surface area contributed by atoms with Crippen LogP contribution in [-0.2, 0) is 13.6 Å². The first-order valence-electron chi connectivity index (χ1n) is 6.98. The van der Waals surface area contributed by atoms with Gasteiger partial charge in [-0.3, -0.25) is 5.32 Å². The largest absolute Gasteiger partial charge is 0.331 e. The van der Waals surface area contributed by atoms with E-state index in [1.165, 1.54) is 30.6 Å². The van der Waals surface area contributed by atoms with Crippen molar-refractivity contribution in [3.63, 3.8) is 0 Å². The molecular weight excluding hydrogens is 288 g/mol. The van der Waals surface area contributed by atoms with E-state index in [4.69, 9.17) is 0 Å². The summed E-state index contributed by atoms with van der Waals surface area (Å²) in [4.78, 5) is 16.0. The normalized spacial score (nSPS) is 14.8. The number of amides is 2. The van der Waals surface area contributed by atoms with E-state index in [1.54, 1.807) is 0 Å². The molecule has 2 aromatic rings. The van der Waals surface area contributed by atoms with E-state index in [0.29, 0.717) is 17.6 Å². The van der Waals surface area contributed by atoms with Crippen LogP contribution in [-0.4, -0.2) is 25.8 Å². The molecule has 0 unspecified atom stereocenters. The third-order valence-electron chi connectivity index (χ3n) is 3.72. The van der Waals surface area contributed by atoms with Crippen molar-refractivity contribution in [1.29, 1.82) is 0 Å². The molecule has 0 bridgehead atoms. The minimum absolute atomic E-state index is 0.280. The van der Waals surface area contributed by atoms with Gasteiger partial charge in [-0.15, -0.1) is 21.5 Å². The predicted octanol–water partition coefficient (Wildman–Crippen LogP) is 2.17. The van der Waals surface area contributed by atoms with Gasteiger partial charge in [0.25, 0.3) is 0 Å². The summed E-state index contributed by atoms with van der Waals surface area (Å²) in [6.45, 7) is 2.24. The fourth-order valence-corrected chi connectivity index (χ4v) is 2.95. The topological polar surface area (TPSA) is 84.7 Å². The van der Waals surface area contributed by atoms with Crippen LogP contribution in [0.3, 0.4) is 0 Å². The molecule has 7 nitrogen and oxygen atoms in total. The molecule has 1 aliphatic rings. The van der Waals surface area contributed by atoms with Crippen molar-refractivity contribution in [2.45, 2.75) is 38.6 Å². The van der Waals surface area contributed by atoms with E-state index in [0.717, 1.165) is 17.3 Å². The van der Waals surface area contributed by atoms with Crippen LogP contribution >= 0.6 is 11.3 Å². The average Bonchev–Trinajstić information content (AvgIpc) is 2.94. The fraction of sp³-hybridized carbons (Fsp3) is 0.538. The van der Waals surface area contributed by atoms with Gasteiger partial charge < -0.3 is 9.88 Å². The smallest absolute Gasteiger partial charge is 0.321 e. The van der Waals surface area contributed by atoms with Crippen LogP contribution in [0.5, 0.6) is 0 Å². The van der Waals surface area contributed by atoms with Crippen molar-refractivity contribution in [1.82, 2.24) is 25.1 Å². The Labute approximate surface area is 126 Å². The molecule has 2 amide bonds. The van der Waals surface area contributed by atoms with Crippen molar-refractivity contribution in [2.24, 2.45) is 7.05 Å². The second-order valence-corrected chi connectivity index (χ2v) is 6.12. The van der Waals surface area contributed by atoms with Gasteiger partial charge in [0.1, 0.15) is 5.82 Å². The van der Waals surface area contributed by atoms with E-state index < -0.39 is 0 Å². The highest BCUT2D eigenvalue weighted by Crippen LogP contribution is 2.35. The standard InChI is InChI=1S/C13H18N6OS/c1-8-7-21-13(15-8)16-12(20)14-6-10-17-18-11(19(10)2)9-4-3-5-9/h7,9H,3-6H2,1-2H3,(H2,14,15,16,20). The zero-order chi connectivity index (χ0) is 14.8. The third-order valence-corrected chi connectivity index (χ3v) is 4.59. The summed E-state index contributed by atoms with van der Waals surface area (Å²) in [7, 11) is 1.95. The monoisotopic (exact) mass is 306 g/mol. The molecule has 2 aromatic heterocycles. The van der Waals surface area contributed by atoms with Gasteiger partial charge in [-0.1, -0.05) is 6.42 Å². The third kappa shape index (κ3) is 3.05. The lowest BCUT2D eigenvalue weighted by Gasteiger charge is -2.24. The van der Waals surface area contributed by atoms with E-state index in [-0.39, 0.29) is 6.03 Å². The maximum absolute atomic E-state index is 11.8. The molecule has 3 rings (SSSR count). The second kappa shape index (κ2) is 5.80. The fourth-order valence-electron chi connectivity index (χ4n) is 2.26. The Morgan fingerprint density at radius 1 is 1.48 bits per heavy atom. The number of urea groups is 1. The van der Waals surface area contributed by atoms with Gasteiger partial charge in [0, 0.05) is 18.3 Å². The van der Waals surface area contributed by atoms with Crippen LogP contribution in [0.4, 0.5) is 9.93 Å². The molecule has 21 heavy (non-hydrogen) atoms. The zero-order valence-electron chi connectivity index (χ0n) is 12.1. The molecule has 1 aliphatic carbocycles. The van der Waals surface area contributed by atoms with Crippen LogP contribution in [0.15, 0.2) is 5.38 Å². The predicted molar refractivity (Wildman–Crippen MR) is 80.3 cm³/mol. The van der Waals surface area contributed by atoms with Crippen LogP contribution in [0.2, 0.25) is 0 Å². The van der Waals surface area contributed by atoms with Gasteiger partial charge in [0.2, 0.25) is 0 Å². The highest BCUT2D eigenvalue weighted by atomic mass is 32.1. The van der Waals surface area contributed by atoms with Gasteiger partial charge in [0.05, 0.1) is 12.2 Å². The second-order valence-electron chi connectivity index (χ2n) is 5.26. The lowest BCUT2D eigenvalue weighted by atomic mass is 9.85. The summed E-state index contributed by atoms with van der Waals surface area (Å²) >= 11 is 1.41. The van der Waals surface area contributed by atoms with E-state index >= 15 is 0 Å². The van der Waals surface area contributed by atoms with Crippen molar-refractivity contribution >= 4 is 22.5 Å². The maximum Gasteiger partial charge on any atom is 0.321 e. The summed E-state index contributed by atoms with van der Waals surface area (Å²) in [5.41, 5.74) is 0.897. The Hall–Kier alpha value is -1.96. The summed E-state index contributed by atoms with van der Waals surface area (Å²) in [5, 5.41) is 16.4. The first-order valence-corrected chi connectivity index (χ1v) is 7.86. The molecule has 1 fully saturated rings. The Morgan fingerprint density at radius 3 is 2.90 bits per heavy atom. The number of hydrogen-bond donors (Lipinski definition) is 2. The number of anilines is 1. The minimum Gasteiger partial charge on any atom is -0.331 e. The molecule has 0 saturated heterocycles. The molecule has 0 aliphatic heterocycles. The number of aromatic nitrogens is 4. The molecule has 1 saturated carbocycles. The van der Waals surface area contributed by atoms with Gasteiger partial charge in [-0.2, -0.15) is 0 Å². The average molecular weight is 306 g/mol. The molecule has 0 aromatic carbocycles. The quantitative estimate of drug-likeness (QED) is 0.906. The SMILES string of the molecule is Cc1csc(NC(=O)NCc2nnc(C3CCC3)n2C)n1. The van der Waals surface area contributed by atoms with Gasteiger partial charge in [-0.05, 0) is 19.8 Å². The molecule has 2 N–H and O–H groups in total. The van der Waals surface area contributed by atoms with Crippen LogP contribution in [0, 0.1) is 6.92 Å². The summed E-state index contributed by atoms with van der Waals surface area (Å²) in [6, 6.07) is -0.280. The number of nitrogens with zero attached hydrogens (tertiary/aromatic N) is 4. The number of aryl methyl sites for hydroxylation is 1. The minimum atomic E-state index is -0.280. The molecule has 0 atom stereocenters. The molecular formula is C13H18N6OS. The number of nitrogens with one attached hydrogen (secondary N) is 2. The first kappa shape index (κ1) is 14.0. The zero-order valence-corrected chi connectivity index (χ0v) is 12.9. The van der Waals surface area contributed by atoms with E-state index in [2.05, 4.69) is 25.8 Å². The van der Waals surface area contributed by atoms with Crippen LogP contribution < -0.4 is 10.6 Å². The van der Waals surface area contributed by atoms with Gasteiger partial charge in [0.15, 0.2) is 11.0 Å². The summed E-state index contributed by atoms with van der Waals surface area (Å²) in [6.07, 6.45) is 3.63. The molecule has 2 heterocycles. The number of thiazole rings is 1. The van der Waals surface area contributed by atoms with Crippen LogP contribution in [0.1, 0.15) is 42.5 Å². The molecule has 8 heteroatoms. The van der Waals surface area contributed by atoms with Gasteiger partial charge >= 0.3 is 6.03 Å². The number of carbonyl (C=O) groups is 1. The Balaban J connectivity index is 1.55. The number of hydrogen-bond acceptors (Lipinski definition) is 5. The van der Waals surface area contributed by atoms with Crippen molar-refractivity contribution < 1.29 is 4.79 Å². The molecule has 0 spiro atoms. The number of carbonyl (C=O) groups excluding carboxylic acids is 1. The Bertz CT molecular complexity index is 645. The Kier molecular flexibility index (Phi) is 3.87. The van der Waals surface area contributed by atoms with Crippen molar-refractivity contribution in [3.8, 4) is 0 Å². The Morgan fingerprint density at radius 2 is 2.29 bits per heavy atom. The summed E-state index contributed by atoms with van der Waals surface area (Å²) in [5.74, 6) is 2.32. The highest BCUT2D eigenvalue weighted by Gasteiger charge is 2.25. The maximum atomic E-state index is 11.8. The summed E-state index contributed by atoms with van der Waals surface area (Å²) < 4.78 is 1.98. The van der Waals surface area contributed by atoms with E-state index in [1.807, 2.05) is 23.9 Å².